The van der Waals surface area contributed by atoms with E-state index in [0.717, 1.165) is 35.2 Å². The molecule has 2 aromatic heterocycles. The molecule has 1 aliphatic heterocycles. The van der Waals surface area contributed by atoms with Crippen molar-refractivity contribution >= 4 is 22.5 Å². The van der Waals surface area contributed by atoms with Gasteiger partial charge in [0.1, 0.15) is 5.82 Å². The first-order valence-electron chi connectivity index (χ1n) is 10.5. The second-order valence-corrected chi connectivity index (χ2v) is 7.98. The highest BCUT2D eigenvalue weighted by atomic mass is 19.2. The van der Waals surface area contributed by atoms with Gasteiger partial charge in [0.15, 0.2) is 11.6 Å². The molecule has 33 heavy (non-hydrogen) atoms. The summed E-state index contributed by atoms with van der Waals surface area (Å²) in [5.41, 5.74) is 3.62. The Hall–Kier alpha value is -3.78. The van der Waals surface area contributed by atoms with E-state index < -0.39 is 23.4 Å². The maximum Gasteiger partial charge on any atom is 0.256 e. The molecule has 2 aromatic carbocycles. The van der Waals surface area contributed by atoms with Crippen LogP contribution < -0.4 is 5.32 Å². The van der Waals surface area contributed by atoms with E-state index in [4.69, 9.17) is 4.98 Å². The second-order valence-electron chi connectivity index (χ2n) is 7.98. The molecule has 1 N–H and O–H groups in total. The van der Waals surface area contributed by atoms with Crippen molar-refractivity contribution in [1.29, 1.82) is 0 Å². The highest BCUT2D eigenvalue weighted by Crippen LogP contribution is 2.30. The van der Waals surface area contributed by atoms with E-state index in [2.05, 4.69) is 15.2 Å². The summed E-state index contributed by atoms with van der Waals surface area (Å²) in [6.07, 6.45) is 3.40. The van der Waals surface area contributed by atoms with Gasteiger partial charge < -0.3 is 5.32 Å². The number of rotatable bonds is 4. The van der Waals surface area contributed by atoms with Gasteiger partial charge in [-0.05, 0) is 29.8 Å². The van der Waals surface area contributed by atoms with Crippen LogP contribution in [0.5, 0.6) is 0 Å². The maximum atomic E-state index is 13.7. The Morgan fingerprint density at radius 3 is 2.70 bits per heavy atom. The van der Waals surface area contributed by atoms with Crippen molar-refractivity contribution in [3.05, 3.63) is 101 Å². The van der Waals surface area contributed by atoms with Gasteiger partial charge in [0, 0.05) is 60.6 Å². The molecule has 0 aliphatic carbocycles. The van der Waals surface area contributed by atoms with Crippen LogP contribution in [0.25, 0.3) is 10.9 Å². The Bertz CT molecular complexity index is 1380. The molecule has 0 bridgehead atoms. The summed E-state index contributed by atoms with van der Waals surface area (Å²) >= 11 is 0. The zero-order valence-corrected chi connectivity index (χ0v) is 17.5. The largest absolute Gasteiger partial charge is 0.322 e. The number of halogens is 3. The van der Waals surface area contributed by atoms with Gasteiger partial charge in [0.2, 0.25) is 0 Å². The molecular weight excluding hydrogens is 429 g/mol. The Morgan fingerprint density at radius 1 is 1.03 bits per heavy atom. The molecule has 1 amide bonds. The van der Waals surface area contributed by atoms with Crippen LogP contribution >= 0.6 is 0 Å². The molecule has 0 spiro atoms. The van der Waals surface area contributed by atoms with E-state index in [1.54, 1.807) is 6.20 Å². The number of para-hydroxylation sites is 1. The lowest BCUT2D eigenvalue weighted by molar-refractivity contribution is 0.102. The number of aromatic nitrogens is 2. The van der Waals surface area contributed by atoms with Crippen molar-refractivity contribution in [2.24, 2.45) is 0 Å². The Morgan fingerprint density at radius 2 is 1.88 bits per heavy atom. The van der Waals surface area contributed by atoms with E-state index in [1.165, 1.54) is 12.1 Å². The minimum absolute atomic E-state index is 0.159. The van der Waals surface area contributed by atoms with Gasteiger partial charge >= 0.3 is 0 Å². The van der Waals surface area contributed by atoms with Crippen LogP contribution in [0, 0.1) is 17.5 Å². The van der Waals surface area contributed by atoms with Crippen molar-refractivity contribution < 1.29 is 18.0 Å². The number of nitrogens with one attached hydrogen (secondary N) is 1. The first-order valence-corrected chi connectivity index (χ1v) is 10.5. The number of hydrogen-bond acceptors (Lipinski definition) is 4. The van der Waals surface area contributed by atoms with Crippen LogP contribution in [-0.2, 0) is 19.5 Å². The van der Waals surface area contributed by atoms with Crippen LogP contribution in [0.4, 0.5) is 18.9 Å². The van der Waals surface area contributed by atoms with Crippen LogP contribution in [0.2, 0.25) is 0 Å². The molecule has 3 heterocycles. The molecule has 5 rings (SSSR count). The van der Waals surface area contributed by atoms with E-state index >= 15 is 0 Å². The summed E-state index contributed by atoms with van der Waals surface area (Å²) in [5, 5.41) is 3.36. The minimum Gasteiger partial charge on any atom is -0.322 e. The molecule has 0 fully saturated rings. The number of anilines is 1. The second kappa shape index (κ2) is 8.63. The summed E-state index contributed by atoms with van der Waals surface area (Å²) in [7, 11) is 0. The first-order chi connectivity index (χ1) is 16.0. The molecule has 8 heteroatoms. The van der Waals surface area contributed by atoms with Crippen molar-refractivity contribution in [3.8, 4) is 0 Å². The average Bonchev–Trinajstić information content (AvgIpc) is 2.80. The number of amides is 1. The maximum absolute atomic E-state index is 13.7. The van der Waals surface area contributed by atoms with Gasteiger partial charge in [-0.25, -0.2) is 13.2 Å². The van der Waals surface area contributed by atoms with Gasteiger partial charge in [-0.1, -0.05) is 18.2 Å². The lowest BCUT2D eigenvalue weighted by atomic mass is 9.95. The molecule has 0 atom stereocenters. The normalized spacial score (nSPS) is 13.7. The number of nitrogens with zero attached hydrogens (tertiary/aromatic N) is 3. The standard InChI is InChI=1S/C25H19F3N4O/c26-16-9-15(11-29-12-16)13-32-8-7-23-19(14-32)24(18-3-1-2-4-22(18)31-23)25(33)30-17-5-6-20(27)21(28)10-17/h1-6,9-12H,7-8,13-14H2,(H,30,33). The van der Waals surface area contributed by atoms with E-state index in [1.807, 2.05) is 24.3 Å². The number of pyridine rings is 2. The zero-order chi connectivity index (χ0) is 22.9. The monoisotopic (exact) mass is 448 g/mol. The lowest BCUT2D eigenvalue weighted by Gasteiger charge is -2.30. The van der Waals surface area contributed by atoms with Crippen LogP contribution in [0.3, 0.4) is 0 Å². The average molecular weight is 448 g/mol. The van der Waals surface area contributed by atoms with Crippen molar-refractivity contribution in [2.45, 2.75) is 19.5 Å². The quantitative estimate of drug-likeness (QED) is 0.485. The van der Waals surface area contributed by atoms with Crippen molar-refractivity contribution in [2.75, 3.05) is 11.9 Å². The number of fused-ring (bicyclic) bond motifs is 2. The van der Waals surface area contributed by atoms with Gasteiger partial charge in [0.05, 0.1) is 17.3 Å². The Kier molecular flexibility index (Phi) is 5.51. The zero-order valence-electron chi connectivity index (χ0n) is 17.5. The fraction of sp³-hybridized carbons (Fsp3) is 0.160. The molecule has 5 nitrogen and oxygen atoms in total. The third-order valence-electron chi connectivity index (χ3n) is 5.70. The fourth-order valence-corrected chi connectivity index (χ4v) is 4.21. The molecule has 0 unspecified atom stereocenters. The molecular formula is C25H19F3N4O. The smallest absolute Gasteiger partial charge is 0.256 e. The molecule has 1 aliphatic rings. The molecule has 0 saturated heterocycles. The van der Waals surface area contributed by atoms with Gasteiger partial charge in [0.25, 0.3) is 5.91 Å². The van der Waals surface area contributed by atoms with Crippen LogP contribution in [0.15, 0.2) is 60.9 Å². The summed E-state index contributed by atoms with van der Waals surface area (Å²) in [6, 6.07) is 12.0. The molecule has 166 valence electrons. The van der Waals surface area contributed by atoms with E-state index in [-0.39, 0.29) is 5.69 Å². The van der Waals surface area contributed by atoms with Crippen molar-refractivity contribution in [1.82, 2.24) is 14.9 Å². The van der Waals surface area contributed by atoms with Gasteiger partial charge in [-0.3, -0.25) is 19.7 Å². The lowest BCUT2D eigenvalue weighted by Crippen LogP contribution is -2.33. The Labute approximate surface area is 187 Å². The topological polar surface area (TPSA) is 58.1 Å². The summed E-state index contributed by atoms with van der Waals surface area (Å²) in [5.74, 6) is -2.85. The number of hydrogen-bond donors (Lipinski definition) is 1. The van der Waals surface area contributed by atoms with Crippen molar-refractivity contribution in [3.63, 3.8) is 0 Å². The number of carbonyl (C=O) groups excluding carboxylic acids is 1. The molecule has 4 aromatic rings. The summed E-state index contributed by atoms with van der Waals surface area (Å²) in [4.78, 5) is 24.1. The molecule has 0 radical (unpaired) electrons. The highest BCUT2D eigenvalue weighted by Gasteiger charge is 2.26. The van der Waals surface area contributed by atoms with Crippen LogP contribution in [-0.4, -0.2) is 27.3 Å². The van der Waals surface area contributed by atoms with Gasteiger partial charge in [-0.15, -0.1) is 0 Å². The van der Waals surface area contributed by atoms with Crippen LogP contribution in [0.1, 0.15) is 27.2 Å². The fourth-order valence-electron chi connectivity index (χ4n) is 4.21. The number of benzene rings is 2. The predicted molar refractivity (Wildman–Crippen MR) is 118 cm³/mol. The summed E-state index contributed by atoms with van der Waals surface area (Å²) in [6.45, 7) is 1.60. The number of carbonyl (C=O) groups is 1. The minimum atomic E-state index is -1.04. The third-order valence-corrected chi connectivity index (χ3v) is 5.70. The first kappa shape index (κ1) is 21.1. The summed E-state index contributed by atoms with van der Waals surface area (Å²) < 4.78 is 40.6. The SMILES string of the molecule is O=C(Nc1ccc(F)c(F)c1)c1c2c(nc3ccccc13)CCN(Cc1cncc(F)c1)C2. The molecule has 0 saturated carbocycles. The third kappa shape index (κ3) is 4.29. The van der Waals surface area contributed by atoms with E-state index in [0.29, 0.717) is 42.5 Å². The Balaban J connectivity index is 1.52. The van der Waals surface area contributed by atoms with Gasteiger partial charge in [-0.2, -0.15) is 0 Å². The van der Waals surface area contributed by atoms with E-state index in [9.17, 15) is 18.0 Å². The predicted octanol–water partition coefficient (Wildman–Crippen LogP) is 4.86. The highest BCUT2D eigenvalue weighted by molar-refractivity contribution is 6.13.